The van der Waals surface area contributed by atoms with Gasteiger partial charge in [-0.2, -0.15) is 0 Å². The van der Waals surface area contributed by atoms with E-state index in [0.29, 0.717) is 28.8 Å². The number of nitrogens with one attached hydrogen (secondary N) is 1. The van der Waals surface area contributed by atoms with Gasteiger partial charge in [-0.3, -0.25) is 0 Å². The maximum atomic E-state index is 14.1. The fourth-order valence-electron chi connectivity index (χ4n) is 2.30. The third-order valence-electron chi connectivity index (χ3n) is 3.39. The smallest absolute Gasteiger partial charge is 0.137 e. The summed E-state index contributed by atoms with van der Waals surface area (Å²) in [6, 6.07) is 7.56. The summed E-state index contributed by atoms with van der Waals surface area (Å²) >= 11 is 5.87. The molecule has 3 rings (SSSR count). The number of phenolic OH excluding ortho intramolecular Hbond substituents is 1. The van der Waals surface area contributed by atoms with Crippen molar-refractivity contribution in [3.8, 4) is 16.9 Å². The van der Waals surface area contributed by atoms with Gasteiger partial charge >= 0.3 is 0 Å². The Bertz CT molecular complexity index is 873. The van der Waals surface area contributed by atoms with E-state index in [1.54, 1.807) is 18.2 Å². The third kappa shape index (κ3) is 3.04. The number of rotatable bonds is 4. The van der Waals surface area contributed by atoms with Gasteiger partial charge in [-0.15, -0.1) is 0 Å². The molecule has 7 heteroatoms. The van der Waals surface area contributed by atoms with E-state index in [-0.39, 0.29) is 22.9 Å². The Hall–Kier alpha value is -2.44. The van der Waals surface area contributed by atoms with Gasteiger partial charge in [0, 0.05) is 23.6 Å². The van der Waals surface area contributed by atoms with Crippen molar-refractivity contribution >= 4 is 28.3 Å². The maximum absolute atomic E-state index is 14.1. The number of anilines is 1. The lowest BCUT2D eigenvalue weighted by Gasteiger charge is -2.10. The highest BCUT2D eigenvalue weighted by atomic mass is 35.5. The van der Waals surface area contributed by atoms with E-state index in [1.165, 1.54) is 12.4 Å². The summed E-state index contributed by atoms with van der Waals surface area (Å²) in [7, 11) is 0. The van der Waals surface area contributed by atoms with E-state index in [9.17, 15) is 9.50 Å². The van der Waals surface area contributed by atoms with Crippen LogP contribution in [0.3, 0.4) is 0 Å². The molecular weight excluding hydrogens is 321 g/mol. The summed E-state index contributed by atoms with van der Waals surface area (Å²) in [4.78, 5) is 8.31. The first-order valence-corrected chi connectivity index (χ1v) is 7.26. The number of benzene rings is 2. The molecule has 0 amide bonds. The number of aliphatic hydroxyl groups excluding tert-OH is 1. The van der Waals surface area contributed by atoms with Crippen molar-refractivity contribution in [2.45, 2.75) is 0 Å². The number of nitrogens with zero attached hydrogens (tertiary/aromatic N) is 2. The minimum absolute atomic E-state index is 0.0343. The standard InChI is InChI=1S/C16H13ClFN3O2/c17-12-6-10(13(18)7-15(12)23)9-1-2-14-11(5-9)16(19-3-4-22)21-8-20-14/h1-2,5-8,22-23H,3-4H2,(H,19,20,21). The highest BCUT2D eigenvalue weighted by Crippen LogP contribution is 2.34. The van der Waals surface area contributed by atoms with Crippen LogP contribution in [0.1, 0.15) is 0 Å². The normalized spacial score (nSPS) is 10.9. The van der Waals surface area contributed by atoms with Crippen LogP contribution in [0.15, 0.2) is 36.7 Å². The number of aromatic hydroxyl groups is 1. The van der Waals surface area contributed by atoms with E-state index >= 15 is 0 Å². The maximum Gasteiger partial charge on any atom is 0.137 e. The molecule has 2 aromatic carbocycles. The SMILES string of the molecule is OCCNc1ncnc2ccc(-c3cc(Cl)c(O)cc3F)cc12. The van der Waals surface area contributed by atoms with Crippen LogP contribution >= 0.6 is 11.6 Å². The molecule has 3 aromatic rings. The highest BCUT2D eigenvalue weighted by Gasteiger charge is 2.12. The second-order valence-electron chi connectivity index (χ2n) is 4.89. The average molecular weight is 334 g/mol. The van der Waals surface area contributed by atoms with Crippen LogP contribution in [0.25, 0.3) is 22.0 Å². The predicted molar refractivity (Wildman–Crippen MR) is 87.2 cm³/mol. The number of hydrogen-bond acceptors (Lipinski definition) is 5. The van der Waals surface area contributed by atoms with Crippen LogP contribution in [-0.4, -0.2) is 33.3 Å². The van der Waals surface area contributed by atoms with Crippen LogP contribution in [0, 0.1) is 5.82 Å². The quantitative estimate of drug-likeness (QED) is 0.683. The summed E-state index contributed by atoms with van der Waals surface area (Å²) in [5.74, 6) is -0.327. The topological polar surface area (TPSA) is 78.3 Å². The molecule has 0 unspecified atom stereocenters. The fraction of sp³-hybridized carbons (Fsp3) is 0.125. The minimum Gasteiger partial charge on any atom is -0.506 e. The Morgan fingerprint density at radius 1 is 1.17 bits per heavy atom. The van der Waals surface area contributed by atoms with Gasteiger partial charge in [-0.05, 0) is 23.8 Å². The Balaban J connectivity index is 2.14. The van der Waals surface area contributed by atoms with Gasteiger partial charge in [0.25, 0.3) is 0 Å². The zero-order valence-electron chi connectivity index (χ0n) is 11.9. The molecule has 1 heterocycles. The van der Waals surface area contributed by atoms with Crippen molar-refractivity contribution in [1.29, 1.82) is 0 Å². The van der Waals surface area contributed by atoms with Gasteiger partial charge in [0.2, 0.25) is 0 Å². The van der Waals surface area contributed by atoms with Crippen molar-refractivity contribution in [1.82, 2.24) is 9.97 Å². The molecule has 0 aliphatic rings. The lowest BCUT2D eigenvalue weighted by molar-refractivity contribution is 0.311. The van der Waals surface area contributed by atoms with Crippen LogP contribution in [0.2, 0.25) is 5.02 Å². The summed E-state index contributed by atoms with van der Waals surface area (Å²) < 4.78 is 14.1. The van der Waals surface area contributed by atoms with E-state index in [0.717, 1.165) is 6.07 Å². The van der Waals surface area contributed by atoms with Crippen molar-refractivity contribution in [2.24, 2.45) is 0 Å². The van der Waals surface area contributed by atoms with Crippen LogP contribution in [0.5, 0.6) is 5.75 Å². The number of hydrogen-bond donors (Lipinski definition) is 3. The van der Waals surface area contributed by atoms with Crippen LogP contribution < -0.4 is 5.32 Å². The van der Waals surface area contributed by atoms with Crippen LogP contribution in [-0.2, 0) is 0 Å². The first-order valence-electron chi connectivity index (χ1n) is 6.88. The molecule has 0 saturated heterocycles. The molecular formula is C16H13ClFN3O2. The van der Waals surface area contributed by atoms with E-state index in [1.807, 2.05) is 0 Å². The molecule has 0 aliphatic heterocycles. The second-order valence-corrected chi connectivity index (χ2v) is 5.30. The zero-order valence-corrected chi connectivity index (χ0v) is 12.7. The molecule has 1 aromatic heterocycles. The van der Waals surface area contributed by atoms with Crippen molar-refractivity contribution < 1.29 is 14.6 Å². The lowest BCUT2D eigenvalue weighted by atomic mass is 10.0. The Labute approximate surface area is 136 Å². The number of phenols is 1. The van der Waals surface area contributed by atoms with Gasteiger partial charge in [0.15, 0.2) is 0 Å². The monoisotopic (exact) mass is 333 g/mol. The van der Waals surface area contributed by atoms with E-state index in [4.69, 9.17) is 16.7 Å². The predicted octanol–water partition coefficient (Wildman–Crippen LogP) is 3.20. The van der Waals surface area contributed by atoms with Crippen molar-refractivity contribution in [3.05, 3.63) is 47.5 Å². The van der Waals surface area contributed by atoms with Gasteiger partial charge in [0.1, 0.15) is 23.7 Å². The second kappa shape index (κ2) is 6.36. The Morgan fingerprint density at radius 3 is 2.78 bits per heavy atom. The largest absolute Gasteiger partial charge is 0.506 e. The number of halogens is 2. The molecule has 0 aliphatic carbocycles. The molecule has 0 saturated carbocycles. The van der Waals surface area contributed by atoms with Crippen molar-refractivity contribution in [2.75, 3.05) is 18.5 Å². The number of aromatic nitrogens is 2. The molecule has 3 N–H and O–H groups in total. The summed E-state index contributed by atoms with van der Waals surface area (Å²) in [5, 5.41) is 22.2. The number of fused-ring (bicyclic) bond motifs is 1. The van der Waals surface area contributed by atoms with E-state index in [2.05, 4.69) is 15.3 Å². The molecule has 5 nitrogen and oxygen atoms in total. The van der Waals surface area contributed by atoms with Crippen LogP contribution in [0.4, 0.5) is 10.2 Å². The van der Waals surface area contributed by atoms with Crippen molar-refractivity contribution in [3.63, 3.8) is 0 Å². The summed E-state index contributed by atoms with van der Waals surface area (Å²) in [5.41, 5.74) is 1.54. The molecule has 23 heavy (non-hydrogen) atoms. The van der Waals surface area contributed by atoms with E-state index < -0.39 is 5.82 Å². The highest BCUT2D eigenvalue weighted by molar-refractivity contribution is 6.32. The molecule has 0 atom stereocenters. The molecule has 0 radical (unpaired) electrons. The average Bonchev–Trinajstić information content (AvgIpc) is 2.55. The van der Waals surface area contributed by atoms with Gasteiger partial charge in [-0.1, -0.05) is 17.7 Å². The van der Waals surface area contributed by atoms with Gasteiger partial charge < -0.3 is 15.5 Å². The fourth-order valence-corrected chi connectivity index (χ4v) is 2.46. The summed E-state index contributed by atoms with van der Waals surface area (Å²) in [6.45, 7) is 0.309. The molecule has 0 bridgehead atoms. The molecule has 0 spiro atoms. The number of aliphatic hydroxyl groups is 1. The Kier molecular flexibility index (Phi) is 4.27. The third-order valence-corrected chi connectivity index (χ3v) is 3.69. The lowest BCUT2D eigenvalue weighted by Crippen LogP contribution is -2.07. The Morgan fingerprint density at radius 2 is 2.00 bits per heavy atom. The first kappa shape index (κ1) is 15.5. The van der Waals surface area contributed by atoms with Gasteiger partial charge in [0.05, 0.1) is 17.1 Å². The molecule has 0 fully saturated rings. The zero-order chi connectivity index (χ0) is 16.4. The minimum atomic E-state index is -0.576. The summed E-state index contributed by atoms with van der Waals surface area (Å²) in [6.07, 6.45) is 1.42. The van der Waals surface area contributed by atoms with Gasteiger partial charge in [-0.25, -0.2) is 14.4 Å². The first-order chi connectivity index (χ1) is 11.1. The molecule has 118 valence electrons.